The number of pyridine rings is 1. The number of halogens is 5. The van der Waals surface area contributed by atoms with Gasteiger partial charge in [-0.25, -0.2) is 4.98 Å². The van der Waals surface area contributed by atoms with Gasteiger partial charge in [0.25, 0.3) is 5.91 Å². The lowest BCUT2D eigenvalue weighted by Crippen LogP contribution is -2.46. The molecular weight excluding hydrogens is 384 g/mol. The van der Waals surface area contributed by atoms with Crippen molar-refractivity contribution in [3.63, 3.8) is 0 Å². The molecule has 3 rings (SSSR count). The molecular formula is C15H9Cl2F3N2O3. The van der Waals surface area contributed by atoms with Crippen LogP contribution in [0.1, 0.15) is 33.9 Å². The van der Waals surface area contributed by atoms with Crippen LogP contribution >= 0.6 is 23.2 Å². The summed E-state index contributed by atoms with van der Waals surface area (Å²) in [4.78, 5) is 27.3. The van der Waals surface area contributed by atoms with Crippen molar-refractivity contribution >= 4 is 46.0 Å². The molecule has 10 heteroatoms. The summed E-state index contributed by atoms with van der Waals surface area (Å²) in [7, 11) is 0. The van der Waals surface area contributed by atoms with Crippen molar-refractivity contribution in [1.29, 1.82) is 0 Å². The average molecular weight is 393 g/mol. The highest BCUT2D eigenvalue weighted by Crippen LogP contribution is 2.45. The van der Waals surface area contributed by atoms with E-state index in [2.05, 4.69) is 10.3 Å². The lowest BCUT2D eigenvalue weighted by molar-refractivity contribution is -0.147. The number of ether oxygens (including phenoxy) is 1. The number of rotatable bonds is 1. The zero-order chi connectivity index (χ0) is 18.5. The van der Waals surface area contributed by atoms with Crippen LogP contribution in [0.2, 0.25) is 5.02 Å². The number of carbonyl (C=O) groups is 2. The Balaban J connectivity index is 2.35. The molecule has 2 aromatic rings. The first-order chi connectivity index (χ1) is 11.6. The van der Waals surface area contributed by atoms with Gasteiger partial charge >= 0.3 is 12.1 Å². The third kappa shape index (κ3) is 3.11. The highest BCUT2D eigenvalue weighted by molar-refractivity contribution is 6.31. The highest BCUT2D eigenvalue weighted by atomic mass is 35.5. The van der Waals surface area contributed by atoms with Crippen LogP contribution in [0.5, 0.6) is 0 Å². The van der Waals surface area contributed by atoms with Gasteiger partial charge in [0.15, 0.2) is 6.23 Å². The molecule has 1 aliphatic heterocycles. The second kappa shape index (κ2) is 6.03. The predicted octanol–water partition coefficient (Wildman–Crippen LogP) is 3.82. The van der Waals surface area contributed by atoms with E-state index < -0.39 is 46.5 Å². The number of hydrogen-bond donors (Lipinski definition) is 1. The van der Waals surface area contributed by atoms with Gasteiger partial charge in [-0.15, -0.1) is 11.6 Å². The fourth-order valence-electron chi connectivity index (χ4n) is 2.69. The largest absolute Gasteiger partial charge is 0.440 e. The van der Waals surface area contributed by atoms with Crippen LogP contribution in [-0.2, 0) is 15.7 Å². The quantitative estimate of drug-likeness (QED) is 0.591. The van der Waals surface area contributed by atoms with Crippen LogP contribution in [0.25, 0.3) is 10.9 Å². The van der Waals surface area contributed by atoms with Gasteiger partial charge in [0.1, 0.15) is 11.1 Å². The van der Waals surface area contributed by atoms with Crippen LogP contribution in [-0.4, -0.2) is 23.1 Å². The first kappa shape index (κ1) is 17.8. The standard InChI is InChI=1S/C15H9Cl2F3N2O3/c1-5(23)25-14-11(17)9-10(15(18,19)20)7-4-6(16)2-3-8(7)21-12(9)13(24)22-14/h2-4,11,14H,1H3,(H,22,24). The first-order valence-corrected chi connectivity index (χ1v) is 7.73. The monoisotopic (exact) mass is 392 g/mol. The van der Waals surface area contributed by atoms with Gasteiger partial charge < -0.3 is 10.1 Å². The fraction of sp³-hybridized carbons (Fsp3) is 0.267. The second-order valence-electron chi connectivity index (χ2n) is 5.31. The smallest absolute Gasteiger partial charge is 0.417 e. The molecule has 132 valence electrons. The summed E-state index contributed by atoms with van der Waals surface area (Å²) >= 11 is 11.9. The number of esters is 1. The number of nitrogens with one attached hydrogen (secondary N) is 1. The molecule has 2 heterocycles. The van der Waals surface area contributed by atoms with Gasteiger partial charge in [0.05, 0.1) is 11.1 Å². The van der Waals surface area contributed by atoms with Crippen LogP contribution in [0, 0.1) is 0 Å². The van der Waals surface area contributed by atoms with E-state index in [1.807, 2.05) is 0 Å². The molecule has 5 nitrogen and oxygen atoms in total. The van der Waals surface area contributed by atoms with E-state index in [4.69, 9.17) is 27.9 Å². The Morgan fingerprint density at radius 3 is 2.64 bits per heavy atom. The number of amides is 1. The van der Waals surface area contributed by atoms with Crippen molar-refractivity contribution in [2.45, 2.75) is 24.7 Å². The lowest BCUT2D eigenvalue weighted by atomic mass is 9.94. The third-order valence-corrected chi connectivity index (χ3v) is 4.27. The number of fused-ring (bicyclic) bond motifs is 2. The minimum absolute atomic E-state index is 0.0552. The van der Waals surface area contributed by atoms with Crippen molar-refractivity contribution < 1.29 is 27.5 Å². The molecule has 1 aliphatic rings. The molecule has 1 aromatic heterocycles. The zero-order valence-corrected chi connectivity index (χ0v) is 14.0. The van der Waals surface area contributed by atoms with E-state index in [1.54, 1.807) is 0 Å². The fourth-order valence-corrected chi connectivity index (χ4v) is 3.19. The Hall–Kier alpha value is -2.06. The summed E-state index contributed by atoms with van der Waals surface area (Å²) in [5, 5.41) is 0.551. The van der Waals surface area contributed by atoms with E-state index in [0.29, 0.717) is 0 Å². The van der Waals surface area contributed by atoms with Crippen LogP contribution in [0.4, 0.5) is 13.2 Å². The number of benzene rings is 1. The minimum atomic E-state index is -4.83. The van der Waals surface area contributed by atoms with E-state index in [0.717, 1.165) is 13.0 Å². The number of hydrogen-bond acceptors (Lipinski definition) is 4. The Labute approximate surface area is 149 Å². The summed E-state index contributed by atoms with van der Waals surface area (Å²) < 4.78 is 46.1. The van der Waals surface area contributed by atoms with Crippen molar-refractivity contribution in [2.24, 2.45) is 0 Å². The summed E-state index contributed by atoms with van der Waals surface area (Å²) in [6, 6.07) is 3.75. The Bertz CT molecular complexity index is 902. The number of alkyl halides is 4. The molecule has 0 aliphatic carbocycles. The van der Waals surface area contributed by atoms with Crippen molar-refractivity contribution in [2.75, 3.05) is 0 Å². The maximum atomic E-state index is 13.8. The minimum Gasteiger partial charge on any atom is -0.440 e. The molecule has 0 saturated carbocycles. The highest BCUT2D eigenvalue weighted by Gasteiger charge is 2.45. The summed E-state index contributed by atoms with van der Waals surface area (Å²) in [6.07, 6.45) is -6.28. The van der Waals surface area contributed by atoms with E-state index in [1.165, 1.54) is 12.1 Å². The van der Waals surface area contributed by atoms with Gasteiger partial charge in [0, 0.05) is 22.9 Å². The molecule has 25 heavy (non-hydrogen) atoms. The van der Waals surface area contributed by atoms with E-state index >= 15 is 0 Å². The third-order valence-electron chi connectivity index (χ3n) is 3.59. The van der Waals surface area contributed by atoms with Gasteiger partial charge in [-0.3, -0.25) is 9.59 Å². The van der Waals surface area contributed by atoms with Gasteiger partial charge in [-0.05, 0) is 18.2 Å². The van der Waals surface area contributed by atoms with Crippen molar-refractivity contribution in [1.82, 2.24) is 10.3 Å². The molecule has 0 saturated heterocycles. The van der Waals surface area contributed by atoms with Gasteiger partial charge in [0.2, 0.25) is 0 Å². The molecule has 0 bridgehead atoms. The topological polar surface area (TPSA) is 68.3 Å². The second-order valence-corrected chi connectivity index (χ2v) is 6.22. The molecule has 0 radical (unpaired) electrons. The zero-order valence-electron chi connectivity index (χ0n) is 12.4. The Morgan fingerprint density at radius 1 is 1.36 bits per heavy atom. The summed E-state index contributed by atoms with van der Waals surface area (Å²) in [5.74, 6) is -1.72. The van der Waals surface area contributed by atoms with Crippen molar-refractivity contribution in [3.05, 3.63) is 40.0 Å². The van der Waals surface area contributed by atoms with Crippen LogP contribution in [0.3, 0.4) is 0 Å². The number of carbonyl (C=O) groups excluding carboxylic acids is 2. The maximum absolute atomic E-state index is 13.8. The van der Waals surface area contributed by atoms with E-state index in [9.17, 15) is 22.8 Å². The molecule has 1 N–H and O–H groups in total. The predicted molar refractivity (Wildman–Crippen MR) is 83.4 cm³/mol. The van der Waals surface area contributed by atoms with Crippen LogP contribution in [0.15, 0.2) is 18.2 Å². The first-order valence-electron chi connectivity index (χ1n) is 6.92. The van der Waals surface area contributed by atoms with Crippen molar-refractivity contribution in [3.8, 4) is 0 Å². The average Bonchev–Trinajstić information content (AvgIpc) is 2.48. The number of aromatic nitrogens is 1. The normalized spacial score (nSPS) is 20.2. The molecule has 0 fully saturated rings. The molecule has 0 spiro atoms. The Morgan fingerprint density at radius 2 is 2.04 bits per heavy atom. The van der Waals surface area contributed by atoms with Crippen LogP contribution < -0.4 is 5.32 Å². The maximum Gasteiger partial charge on any atom is 0.417 e. The molecule has 2 atom stereocenters. The van der Waals surface area contributed by atoms with Gasteiger partial charge in [-0.1, -0.05) is 11.6 Å². The molecule has 2 unspecified atom stereocenters. The summed E-state index contributed by atoms with van der Waals surface area (Å²) in [5.41, 5.74) is -2.19. The van der Waals surface area contributed by atoms with E-state index in [-0.39, 0.29) is 15.9 Å². The Kier molecular flexibility index (Phi) is 4.28. The summed E-state index contributed by atoms with van der Waals surface area (Å²) in [6.45, 7) is 1.05. The van der Waals surface area contributed by atoms with Gasteiger partial charge in [-0.2, -0.15) is 13.2 Å². The SMILES string of the molecule is CC(=O)OC1NC(=O)c2nc3ccc(Cl)cc3c(C(F)(F)F)c2C1Cl. The number of nitrogens with zero attached hydrogens (tertiary/aromatic N) is 1. The lowest BCUT2D eigenvalue weighted by Gasteiger charge is -2.31. The molecule has 1 amide bonds. The molecule has 1 aromatic carbocycles.